The van der Waals surface area contributed by atoms with E-state index in [2.05, 4.69) is 14.8 Å². The monoisotopic (exact) mass is 231 g/mol. The Morgan fingerprint density at radius 1 is 1.50 bits per heavy atom. The lowest BCUT2D eigenvalue weighted by molar-refractivity contribution is -0.145. The lowest BCUT2D eigenvalue weighted by Gasteiger charge is -2.13. The minimum Gasteiger partial charge on any atom is -0.466 e. The molecule has 0 heterocycles. The first-order chi connectivity index (χ1) is 7.60. The molecule has 0 radical (unpaired) electrons. The number of carbonyl (C=O) groups is 1. The Kier molecular flexibility index (Phi) is 8.24. The number of nitrogens with zero attached hydrogens (tertiary/aromatic N) is 3. The van der Waals surface area contributed by atoms with Gasteiger partial charge >= 0.3 is 5.97 Å². The zero-order valence-electron chi connectivity index (χ0n) is 9.24. The second-order valence-corrected chi connectivity index (χ2v) is 3.30. The number of aliphatic hydroxyl groups excluding tert-OH is 2. The van der Waals surface area contributed by atoms with E-state index in [0.717, 1.165) is 0 Å². The summed E-state index contributed by atoms with van der Waals surface area (Å²) in [4.78, 5) is 13.5. The van der Waals surface area contributed by atoms with E-state index in [9.17, 15) is 15.0 Å². The van der Waals surface area contributed by atoms with Crippen LogP contribution in [0.1, 0.15) is 26.2 Å². The van der Waals surface area contributed by atoms with Gasteiger partial charge in [0.1, 0.15) is 0 Å². The zero-order valence-corrected chi connectivity index (χ0v) is 9.24. The molecule has 16 heavy (non-hydrogen) atoms. The molecule has 92 valence electrons. The van der Waals surface area contributed by atoms with Crippen molar-refractivity contribution in [2.24, 2.45) is 5.11 Å². The summed E-state index contributed by atoms with van der Waals surface area (Å²) in [6.45, 7) is 2.12. The lowest BCUT2D eigenvalue weighted by atomic mass is 10.1. The van der Waals surface area contributed by atoms with Crippen LogP contribution < -0.4 is 0 Å². The van der Waals surface area contributed by atoms with Crippen LogP contribution in [-0.2, 0) is 9.53 Å². The highest BCUT2D eigenvalue weighted by Crippen LogP contribution is 2.07. The summed E-state index contributed by atoms with van der Waals surface area (Å²) < 4.78 is 4.65. The first kappa shape index (κ1) is 14.7. The van der Waals surface area contributed by atoms with Gasteiger partial charge in [0.2, 0.25) is 0 Å². The maximum atomic E-state index is 11.0. The normalized spacial score (nSPS) is 13.7. The molecule has 2 atom stereocenters. The van der Waals surface area contributed by atoms with Gasteiger partial charge in [-0.3, -0.25) is 4.79 Å². The van der Waals surface area contributed by atoms with E-state index in [4.69, 9.17) is 5.53 Å². The number of hydrogen-bond acceptors (Lipinski definition) is 5. The predicted molar refractivity (Wildman–Crippen MR) is 56.5 cm³/mol. The Morgan fingerprint density at radius 2 is 2.19 bits per heavy atom. The fraction of sp³-hybridized carbons (Fsp3) is 0.889. The van der Waals surface area contributed by atoms with Crippen LogP contribution in [0.3, 0.4) is 0 Å². The SMILES string of the molecule is CCOC(=O)CC(O)CC(O)CCN=[N+]=[N-]. The summed E-state index contributed by atoms with van der Waals surface area (Å²) in [7, 11) is 0. The summed E-state index contributed by atoms with van der Waals surface area (Å²) >= 11 is 0. The van der Waals surface area contributed by atoms with Gasteiger partial charge in [0.05, 0.1) is 25.2 Å². The average molecular weight is 231 g/mol. The number of rotatable bonds is 8. The highest BCUT2D eigenvalue weighted by atomic mass is 16.5. The smallest absolute Gasteiger partial charge is 0.308 e. The fourth-order valence-corrected chi connectivity index (χ4v) is 1.18. The Labute approximate surface area is 93.7 Å². The number of hydrogen-bond donors (Lipinski definition) is 2. The minimum absolute atomic E-state index is 0.0692. The van der Waals surface area contributed by atoms with Crippen molar-refractivity contribution in [1.82, 2.24) is 0 Å². The van der Waals surface area contributed by atoms with E-state index in [0.29, 0.717) is 0 Å². The van der Waals surface area contributed by atoms with Crippen molar-refractivity contribution in [2.75, 3.05) is 13.2 Å². The molecule has 0 aromatic heterocycles. The molecule has 7 nitrogen and oxygen atoms in total. The summed E-state index contributed by atoms with van der Waals surface area (Å²) in [5.41, 5.74) is 8.01. The highest BCUT2D eigenvalue weighted by molar-refractivity contribution is 5.69. The Morgan fingerprint density at radius 3 is 2.75 bits per heavy atom. The largest absolute Gasteiger partial charge is 0.466 e. The molecule has 0 aliphatic rings. The Hall–Kier alpha value is -1.30. The molecule has 0 saturated heterocycles. The maximum Gasteiger partial charge on any atom is 0.308 e. The first-order valence-corrected chi connectivity index (χ1v) is 5.12. The lowest BCUT2D eigenvalue weighted by Crippen LogP contribution is -2.22. The topological polar surface area (TPSA) is 116 Å². The van der Waals surface area contributed by atoms with Gasteiger partial charge < -0.3 is 14.9 Å². The van der Waals surface area contributed by atoms with Gasteiger partial charge in [-0.2, -0.15) is 0 Å². The van der Waals surface area contributed by atoms with E-state index >= 15 is 0 Å². The second-order valence-electron chi connectivity index (χ2n) is 3.30. The molecule has 0 fully saturated rings. The zero-order chi connectivity index (χ0) is 12.4. The molecule has 0 aliphatic carbocycles. The van der Waals surface area contributed by atoms with E-state index < -0.39 is 18.2 Å². The minimum atomic E-state index is -0.930. The van der Waals surface area contributed by atoms with Crippen LogP contribution in [0, 0.1) is 0 Å². The quantitative estimate of drug-likeness (QED) is 0.277. The molecule has 0 spiro atoms. The van der Waals surface area contributed by atoms with Crippen LogP contribution in [0.15, 0.2) is 5.11 Å². The van der Waals surface area contributed by atoms with E-state index in [1.807, 2.05) is 0 Å². The number of carbonyl (C=O) groups excluding carboxylic acids is 1. The maximum absolute atomic E-state index is 11.0. The van der Waals surface area contributed by atoms with Crippen LogP contribution in [0.5, 0.6) is 0 Å². The average Bonchev–Trinajstić information content (AvgIpc) is 2.17. The molecule has 0 rings (SSSR count). The van der Waals surface area contributed by atoms with Crippen LogP contribution in [0.4, 0.5) is 0 Å². The van der Waals surface area contributed by atoms with E-state index in [1.54, 1.807) is 6.92 Å². The van der Waals surface area contributed by atoms with Gasteiger partial charge in [-0.25, -0.2) is 0 Å². The fourth-order valence-electron chi connectivity index (χ4n) is 1.18. The van der Waals surface area contributed by atoms with Gasteiger partial charge in [0.25, 0.3) is 0 Å². The molecule has 2 N–H and O–H groups in total. The van der Waals surface area contributed by atoms with E-state index in [-0.39, 0.29) is 32.4 Å². The first-order valence-electron chi connectivity index (χ1n) is 5.12. The molecule has 0 bridgehead atoms. The molecule has 0 saturated carbocycles. The third-order valence-corrected chi connectivity index (χ3v) is 1.88. The van der Waals surface area contributed by atoms with Gasteiger partial charge in [0, 0.05) is 11.5 Å². The van der Waals surface area contributed by atoms with Gasteiger partial charge in [-0.1, -0.05) is 5.11 Å². The standard InChI is InChI=1S/C9H17N3O4/c1-2-16-9(15)6-8(14)5-7(13)3-4-11-12-10/h7-8,13-14H,2-6H2,1H3. The molecule has 2 unspecified atom stereocenters. The highest BCUT2D eigenvalue weighted by Gasteiger charge is 2.15. The third kappa shape index (κ3) is 8.05. The molecule has 0 aliphatic heterocycles. The molecule has 7 heteroatoms. The number of aliphatic hydroxyl groups is 2. The molecule has 0 aromatic carbocycles. The third-order valence-electron chi connectivity index (χ3n) is 1.88. The summed E-state index contributed by atoms with van der Waals surface area (Å²) in [6, 6.07) is 0. The van der Waals surface area contributed by atoms with Crippen molar-refractivity contribution in [1.29, 1.82) is 0 Å². The summed E-state index contributed by atoms with van der Waals surface area (Å²) in [5.74, 6) is -0.489. The van der Waals surface area contributed by atoms with Crippen LogP contribution in [0.2, 0.25) is 0 Å². The van der Waals surface area contributed by atoms with Crippen molar-refractivity contribution in [3.8, 4) is 0 Å². The molecule has 0 aromatic rings. The van der Waals surface area contributed by atoms with Crippen molar-refractivity contribution < 1.29 is 19.7 Å². The molecular weight excluding hydrogens is 214 g/mol. The van der Waals surface area contributed by atoms with Crippen LogP contribution in [-0.4, -0.2) is 41.5 Å². The van der Waals surface area contributed by atoms with Crippen molar-refractivity contribution >= 4 is 5.97 Å². The number of esters is 1. The Bertz CT molecular complexity index is 253. The van der Waals surface area contributed by atoms with Gasteiger partial charge in [-0.05, 0) is 25.3 Å². The van der Waals surface area contributed by atoms with Crippen molar-refractivity contribution in [3.05, 3.63) is 10.4 Å². The number of azide groups is 1. The summed E-state index contributed by atoms with van der Waals surface area (Å²) in [5, 5.41) is 22.1. The summed E-state index contributed by atoms with van der Waals surface area (Å²) in [6.07, 6.45) is -1.51. The van der Waals surface area contributed by atoms with Gasteiger partial charge in [0.15, 0.2) is 0 Å². The predicted octanol–water partition coefficient (Wildman–Crippen LogP) is 0.752. The molecular formula is C9H17N3O4. The van der Waals surface area contributed by atoms with E-state index in [1.165, 1.54) is 0 Å². The Balaban J connectivity index is 3.72. The van der Waals surface area contributed by atoms with Crippen molar-refractivity contribution in [3.63, 3.8) is 0 Å². The van der Waals surface area contributed by atoms with Crippen LogP contribution in [0.25, 0.3) is 10.4 Å². The number of ether oxygens (including phenoxy) is 1. The van der Waals surface area contributed by atoms with Crippen LogP contribution >= 0.6 is 0 Å². The second kappa shape index (κ2) is 8.96. The molecule has 0 amide bonds. The van der Waals surface area contributed by atoms with Crippen molar-refractivity contribution in [2.45, 2.75) is 38.4 Å². The van der Waals surface area contributed by atoms with Gasteiger partial charge in [-0.15, -0.1) is 0 Å².